The molecule has 0 saturated carbocycles. The Hall–Kier alpha value is -1.58. The van der Waals surface area contributed by atoms with Crippen LogP contribution in [-0.2, 0) is 11.8 Å². The second kappa shape index (κ2) is 3.47. The predicted octanol–water partition coefficient (Wildman–Crippen LogP) is 1.32. The standard InChI is InChI=1S/C12H17N3O/c1-8(2)12(3)11(16)13-10(14-12)9-6-5-7-15(9)4/h5-8H,1-4H3,(H,13,14,16). The van der Waals surface area contributed by atoms with Crippen LogP contribution in [0, 0.1) is 5.92 Å². The van der Waals surface area contributed by atoms with Gasteiger partial charge in [-0.2, -0.15) is 0 Å². The molecule has 1 aliphatic heterocycles. The van der Waals surface area contributed by atoms with Crippen molar-refractivity contribution in [1.82, 2.24) is 9.88 Å². The van der Waals surface area contributed by atoms with Crippen LogP contribution in [0.2, 0.25) is 0 Å². The Balaban J connectivity index is 2.41. The third-order valence-electron chi connectivity index (χ3n) is 3.35. The fourth-order valence-electron chi connectivity index (χ4n) is 1.76. The molecule has 0 aliphatic carbocycles. The van der Waals surface area contributed by atoms with E-state index < -0.39 is 5.54 Å². The molecule has 16 heavy (non-hydrogen) atoms. The molecule has 0 saturated heterocycles. The summed E-state index contributed by atoms with van der Waals surface area (Å²) in [6, 6.07) is 3.89. The Kier molecular flexibility index (Phi) is 2.37. The van der Waals surface area contributed by atoms with Crippen molar-refractivity contribution < 1.29 is 4.79 Å². The number of amides is 1. The number of amidine groups is 1. The monoisotopic (exact) mass is 219 g/mol. The van der Waals surface area contributed by atoms with Crippen LogP contribution >= 0.6 is 0 Å². The zero-order valence-electron chi connectivity index (χ0n) is 10.1. The SMILES string of the molecule is CC(C)C1(C)N=C(c2cccn2C)NC1=O. The number of aromatic nitrogens is 1. The molecule has 4 heteroatoms. The lowest BCUT2D eigenvalue weighted by Crippen LogP contribution is -2.41. The first-order valence-corrected chi connectivity index (χ1v) is 5.48. The average molecular weight is 219 g/mol. The summed E-state index contributed by atoms with van der Waals surface area (Å²) in [5.74, 6) is 0.845. The van der Waals surface area contributed by atoms with Crippen molar-refractivity contribution in [3.05, 3.63) is 24.0 Å². The molecule has 2 rings (SSSR count). The van der Waals surface area contributed by atoms with Gasteiger partial charge in [0, 0.05) is 13.2 Å². The average Bonchev–Trinajstić information content (AvgIpc) is 2.73. The fraction of sp³-hybridized carbons (Fsp3) is 0.500. The van der Waals surface area contributed by atoms with Gasteiger partial charge in [-0.25, -0.2) is 4.99 Å². The van der Waals surface area contributed by atoms with Gasteiger partial charge < -0.3 is 9.88 Å². The van der Waals surface area contributed by atoms with Gasteiger partial charge in [-0.3, -0.25) is 4.79 Å². The molecular formula is C12H17N3O. The minimum absolute atomic E-state index is 0.0151. The number of aryl methyl sites for hydroxylation is 1. The Bertz CT molecular complexity index is 459. The van der Waals surface area contributed by atoms with E-state index in [2.05, 4.69) is 10.3 Å². The van der Waals surface area contributed by atoms with E-state index in [1.807, 2.05) is 50.7 Å². The summed E-state index contributed by atoms with van der Waals surface area (Å²) >= 11 is 0. The molecule has 1 unspecified atom stereocenters. The first kappa shape index (κ1) is 10.9. The van der Waals surface area contributed by atoms with Gasteiger partial charge in [0.2, 0.25) is 0 Å². The minimum atomic E-state index is -0.639. The smallest absolute Gasteiger partial charge is 0.253 e. The highest BCUT2D eigenvalue weighted by molar-refractivity contribution is 6.14. The molecule has 0 spiro atoms. The Morgan fingerprint density at radius 1 is 1.50 bits per heavy atom. The molecule has 4 nitrogen and oxygen atoms in total. The van der Waals surface area contributed by atoms with Crippen molar-refractivity contribution in [1.29, 1.82) is 0 Å². The van der Waals surface area contributed by atoms with E-state index in [1.54, 1.807) is 0 Å². The molecule has 1 aromatic rings. The highest BCUT2D eigenvalue weighted by atomic mass is 16.2. The van der Waals surface area contributed by atoms with Crippen LogP contribution in [-0.4, -0.2) is 21.8 Å². The summed E-state index contributed by atoms with van der Waals surface area (Å²) in [6.07, 6.45) is 1.94. The number of hydrogen-bond acceptors (Lipinski definition) is 2. The largest absolute Gasteiger partial charge is 0.348 e. The van der Waals surface area contributed by atoms with E-state index in [9.17, 15) is 4.79 Å². The molecule has 1 aliphatic rings. The van der Waals surface area contributed by atoms with E-state index in [1.165, 1.54) is 0 Å². The number of hydrogen-bond donors (Lipinski definition) is 1. The summed E-state index contributed by atoms with van der Waals surface area (Å²) < 4.78 is 1.95. The third kappa shape index (κ3) is 1.45. The summed E-state index contributed by atoms with van der Waals surface area (Å²) in [6.45, 7) is 5.90. The molecule has 86 valence electrons. The van der Waals surface area contributed by atoms with Crippen molar-refractivity contribution in [2.45, 2.75) is 26.3 Å². The van der Waals surface area contributed by atoms with Crippen LogP contribution in [0.15, 0.2) is 23.3 Å². The zero-order chi connectivity index (χ0) is 11.9. The Labute approximate surface area is 95.4 Å². The lowest BCUT2D eigenvalue weighted by Gasteiger charge is -2.21. The molecule has 0 radical (unpaired) electrons. The Morgan fingerprint density at radius 3 is 2.62 bits per heavy atom. The number of rotatable bonds is 2. The number of aliphatic imine (C=N–C) groups is 1. The summed E-state index contributed by atoms with van der Waals surface area (Å²) in [7, 11) is 1.94. The molecule has 0 aromatic carbocycles. The van der Waals surface area contributed by atoms with Gasteiger partial charge >= 0.3 is 0 Å². The van der Waals surface area contributed by atoms with Crippen LogP contribution in [0.5, 0.6) is 0 Å². The van der Waals surface area contributed by atoms with E-state index in [-0.39, 0.29) is 11.8 Å². The maximum Gasteiger partial charge on any atom is 0.253 e. The summed E-state index contributed by atoms with van der Waals surface area (Å²) in [5.41, 5.74) is 0.303. The van der Waals surface area contributed by atoms with Crippen LogP contribution in [0.3, 0.4) is 0 Å². The molecule has 1 N–H and O–H groups in total. The van der Waals surface area contributed by atoms with Gasteiger partial charge in [0.15, 0.2) is 5.84 Å². The minimum Gasteiger partial charge on any atom is -0.348 e. The van der Waals surface area contributed by atoms with Gasteiger partial charge in [-0.05, 0) is 25.0 Å². The number of carbonyl (C=O) groups is 1. The molecular weight excluding hydrogens is 202 g/mol. The number of carbonyl (C=O) groups excluding carboxylic acids is 1. The van der Waals surface area contributed by atoms with Crippen molar-refractivity contribution in [2.75, 3.05) is 0 Å². The molecule has 2 heterocycles. The molecule has 1 amide bonds. The zero-order valence-corrected chi connectivity index (χ0v) is 10.1. The normalized spacial score (nSPS) is 24.8. The second-order valence-corrected chi connectivity index (χ2v) is 4.72. The van der Waals surface area contributed by atoms with Crippen molar-refractivity contribution in [2.24, 2.45) is 18.0 Å². The molecule has 1 aromatic heterocycles. The summed E-state index contributed by atoms with van der Waals surface area (Å²) in [5, 5.41) is 2.86. The highest BCUT2D eigenvalue weighted by Gasteiger charge is 2.42. The second-order valence-electron chi connectivity index (χ2n) is 4.72. The van der Waals surface area contributed by atoms with Gasteiger partial charge in [0.1, 0.15) is 5.54 Å². The van der Waals surface area contributed by atoms with Gasteiger partial charge in [0.25, 0.3) is 5.91 Å². The lowest BCUT2D eigenvalue weighted by molar-refractivity contribution is -0.124. The van der Waals surface area contributed by atoms with Gasteiger partial charge in [-0.15, -0.1) is 0 Å². The summed E-state index contributed by atoms with van der Waals surface area (Å²) in [4.78, 5) is 16.5. The molecule has 1 atom stereocenters. The van der Waals surface area contributed by atoms with E-state index in [0.29, 0.717) is 5.84 Å². The molecule has 0 bridgehead atoms. The number of nitrogens with zero attached hydrogens (tertiary/aromatic N) is 2. The number of nitrogens with one attached hydrogen (secondary N) is 1. The quantitative estimate of drug-likeness (QED) is 0.801. The highest BCUT2D eigenvalue weighted by Crippen LogP contribution is 2.26. The molecule has 0 fully saturated rings. The van der Waals surface area contributed by atoms with Crippen LogP contribution in [0.1, 0.15) is 26.5 Å². The van der Waals surface area contributed by atoms with Gasteiger partial charge in [0.05, 0.1) is 5.69 Å². The lowest BCUT2D eigenvalue weighted by atomic mass is 9.89. The van der Waals surface area contributed by atoms with Gasteiger partial charge in [-0.1, -0.05) is 13.8 Å². The van der Waals surface area contributed by atoms with Crippen LogP contribution in [0.25, 0.3) is 0 Å². The first-order chi connectivity index (χ1) is 7.45. The predicted molar refractivity (Wildman–Crippen MR) is 63.3 cm³/mol. The maximum atomic E-state index is 11.9. The van der Waals surface area contributed by atoms with Crippen LogP contribution < -0.4 is 5.32 Å². The van der Waals surface area contributed by atoms with E-state index >= 15 is 0 Å². The topological polar surface area (TPSA) is 46.4 Å². The first-order valence-electron chi connectivity index (χ1n) is 5.48. The van der Waals surface area contributed by atoms with Crippen molar-refractivity contribution in [3.63, 3.8) is 0 Å². The third-order valence-corrected chi connectivity index (χ3v) is 3.35. The van der Waals surface area contributed by atoms with Crippen molar-refractivity contribution in [3.8, 4) is 0 Å². The van der Waals surface area contributed by atoms with E-state index in [4.69, 9.17) is 0 Å². The van der Waals surface area contributed by atoms with Crippen LogP contribution in [0.4, 0.5) is 0 Å². The Morgan fingerprint density at radius 2 is 2.19 bits per heavy atom. The fourth-order valence-corrected chi connectivity index (χ4v) is 1.76. The van der Waals surface area contributed by atoms with Crippen molar-refractivity contribution >= 4 is 11.7 Å². The van der Waals surface area contributed by atoms with E-state index in [0.717, 1.165) is 5.69 Å². The maximum absolute atomic E-state index is 11.9.